The van der Waals surface area contributed by atoms with Crippen LogP contribution in [0.1, 0.15) is 12.0 Å². The number of nitrogens with two attached hydrogens (primary N) is 1. The van der Waals surface area contributed by atoms with E-state index in [0.717, 1.165) is 5.56 Å². The molecule has 0 aliphatic rings. The molecule has 88 valence electrons. The van der Waals surface area contributed by atoms with Crippen molar-refractivity contribution in [1.29, 1.82) is 0 Å². The van der Waals surface area contributed by atoms with E-state index < -0.39 is 0 Å². The smallest absolute Gasteiger partial charge is 0.227 e. The summed E-state index contributed by atoms with van der Waals surface area (Å²) in [6.45, 7) is 0. The van der Waals surface area contributed by atoms with Crippen LogP contribution in [0.3, 0.4) is 0 Å². The molecular weight excluding hydrogens is 216 g/mol. The Kier molecular flexibility index (Phi) is 3.40. The molecule has 1 heterocycles. The highest BCUT2D eigenvalue weighted by atomic mass is 16.1. The number of benzene rings is 1. The van der Waals surface area contributed by atoms with Crippen molar-refractivity contribution >= 4 is 17.5 Å². The van der Waals surface area contributed by atoms with Gasteiger partial charge < -0.3 is 10.7 Å². The van der Waals surface area contributed by atoms with Crippen LogP contribution < -0.4 is 11.1 Å². The molecule has 1 aromatic carbocycles. The molecular formula is C12H14N4O. The van der Waals surface area contributed by atoms with Crippen molar-refractivity contribution < 1.29 is 4.79 Å². The Morgan fingerprint density at radius 3 is 3.06 bits per heavy atom. The zero-order valence-electron chi connectivity index (χ0n) is 9.31. The highest BCUT2D eigenvalue weighted by Gasteiger charge is 2.04. The summed E-state index contributed by atoms with van der Waals surface area (Å²) in [6, 6.07) is 7.54. The number of aromatic nitrogens is 2. The van der Waals surface area contributed by atoms with Crippen LogP contribution in [0.25, 0.3) is 0 Å². The van der Waals surface area contributed by atoms with Crippen molar-refractivity contribution in [2.45, 2.75) is 12.8 Å². The minimum absolute atomic E-state index is 0.0672. The third-order valence-electron chi connectivity index (χ3n) is 2.35. The summed E-state index contributed by atoms with van der Waals surface area (Å²) in [7, 11) is 0. The highest BCUT2D eigenvalue weighted by Crippen LogP contribution is 2.09. The molecule has 0 fully saturated rings. The van der Waals surface area contributed by atoms with E-state index >= 15 is 0 Å². The van der Waals surface area contributed by atoms with Gasteiger partial charge in [0.1, 0.15) is 0 Å². The van der Waals surface area contributed by atoms with Gasteiger partial charge >= 0.3 is 0 Å². The number of hydrogen-bond acceptors (Lipinski definition) is 3. The van der Waals surface area contributed by atoms with Crippen LogP contribution in [0, 0.1) is 0 Å². The van der Waals surface area contributed by atoms with Gasteiger partial charge in [-0.05, 0) is 24.1 Å². The molecule has 4 N–H and O–H groups in total. The first-order valence-electron chi connectivity index (χ1n) is 5.38. The lowest BCUT2D eigenvalue weighted by molar-refractivity contribution is -0.116. The maximum Gasteiger partial charge on any atom is 0.227 e. The maximum absolute atomic E-state index is 11.6. The number of nitrogen functional groups attached to an aromatic ring is 1. The number of aryl methyl sites for hydroxylation is 1. The van der Waals surface area contributed by atoms with Gasteiger partial charge in [-0.25, -0.2) is 4.98 Å². The number of imidazole rings is 1. The van der Waals surface area contributed by atoms with Crippen molar-refractivity contribution in [3.8, 4) is 0 Å². The number of H-pyrrole nitrogens is 1. The van der Waals surface area contributed by atoms with Crippen LogP contribution in [0.4, 0.5) is 11.6 Å². The third-order valence-corrected chi connectivity index (χ3v) is 2.35. The van der Waals surface area contributed by atoms with Crippen molar-refractivity contribution in [2.75, 3.05) is 11.1 Å². The Morgan fingerprint density at radius 2 is 2.35 bits per heavy atom. The Labute approximate surface area is 99.1 Å². The second-order valence-corrected chi connectivity index (χ2v) is 3.73. The predicted octanol–water partition coefficient (Wildman–Crippen LogP) is 1.56. The number of carbonyl (C=O) groups is 1. The van der Waals surface area contributed by atoms with Crippen molar-refractivity contribution in [3.63, 3.8) is 0 Å². The van der Waals surface area contributed by atoms with Gasteiger partial charge in [-0.2, -0.15) is 0 Å². The molecule has 0 unspecified atom stereocenters. The fourth-order valence-electron chi connectivity index (χ4n) is 1.53. The first-order valence-corrected chi connectivity index (χ1v) is 5.38. The van der Waals surface area contributed by atoms with Crippen LogP contribution in [0.15, 0.2) is 36.7 Å². The van der Waals surface area contributed by atoms with Crippen molar-refractivity contribution in [1.82, 2.24) is 9.97 Å². The summed E-state index contributed by atoms with van der Waals surface area (Å²) < 4.78 is 0. The average Bonchev–Trinajstić information content (AvgIpc) is 2.79. The largest absolute Gasteiger partial charge is 0.399 e. The number of hydrogen-bond donors (Lipinski definition) is 3. The van der Waals surface area contributed by atoms with Gasteiger partial charge in [0.05, 0.1) is 0 Å². The van der Waals surface area contributed by atoms with Crippen LogP contribution >= 0.6 is 0 Å². The van der Waals surface area contributed by atoms with Gasteiger partial charge in [0.2, 0.25) is 11.9 Å². The molecule has 0 radical (unpaired) electrons. The Hall–Kier alpha value is -2.30. The SMILES string of the molecule is Nc1cccc(CCC(=O)Nc2ncc[nH]2)c1. The van der Waals surface area contributed by atoms with Crippen molar-refractivity contribution in [2.24, 2.45) is 0 Å². The summed E-state index contributed by atoms with van der Waals surface area (Å²) in [4.78, 5) is 18.3. The van der Waals surface area contributed by atoms with E-state index in [1.807, 2.05) is 24.3 Å². The monoisotopic (exact) mass is 230 g/mol. The number of aromatic amines is 1. The molecule has 2 rings (SSSR count). The molecule has 17 heavy (non-hydrogen) atoms. The summed E-state index contributed by atoms with van der Waals surface area (Å²) in [5.74, 6) is 0.407. The Bertz CT molecular complexity index is 493. The minimum Gasteiger partial charge on any atom is -0.399 e. The van der Waals surface area contributed by atoms with Gasteiger partial charge in [-0.1, -0.05) is 12.1 Å². The number of amides is 1. The van der Waals surface area contributed by atoms with Gasteiger partial charge in [-0.15, -0.1) is 0 Å². The standard InChI is InChI=1S/C12H14N4O/c13-10-3-1-2-9(8-10)4-5-11(17)16-12-14-6-7-15-12/h1-3,6-8H,4-5,13H2,(H2,14,15,16,17). The zero-order valence-corrected chi connectivity index (χ0v) is 9.31. The maximum atomic E-state index is 11.6. The Balaban J connectivity index is 1.84. The number of nitrogens with one attached hydrogen (secondary N) is 2. The van der Waals surface area contributed by atoms with E-state index in [0.29, 0.717) is 24.5 Å². The predicted molar refractivity (Wildman–Crippen MR) is 66.4 cm³/mol. The molecule has 0 saturated carbocycles. The van der Waals surface area contributed by atoms with E-state index in [9.17, 15) is 4.79 Å². The van der Waals surface area contributed by atoms with E-state index in [1.165, 1.54) is 0 Å². The van der Waals surface area contributed by atoms with Gasteiger partial charge in [0, 0.05) is 24.5 Å². The Morgan fingerprint density at radius 1 is 1.47 bits per heavy atom. The lowest BCUT2D eigenvalue weighted by atomic mass is 10.1. The van der Waals surface area contributed by atoms with Gasteiger partial charge in [-0.3, -0.25) is 10.1 Å². The first-order chi connectivity index (χ1) is 8.24. The molecule has 0 spiro atoms. The average molecular weight is 230 g/mol. The molecule has 2 aromatic rings. The molecule has 1 aromatic heterocycles. The minimum atomic E-state index is -0.0672. The second kappa shape index (κ2) is 5.16. The highest BCUT2D eigenvalue weighted by molar-refractivity contribution is 5.89. The third kappa shape index (κ3) is 3.34. The lowest BCUT2D eigenvalue weighted by Gasteiger charge is -2.03. The number of rotatable bonds is 4. The summed E-state index contributed by atoms with van der Waals surface area (Å²) in [5, 5.41) is 2.67. The molecule has 5 heteroatoms. The van der Waals surface area contributed by atoms with Crippen LogP contribution in [0.2, 0.25) is 0 Å². The van der Waals surface area contributed by atoms with Crippen LogP contribution in [0.5, 0.6) is 0 Å². The fraction of sp³-hybridized carbons (Fsp3) is 0.167. The van der Waals surface area contributed by atoms with E-state index in [1.54, 1.807) is 12.4 Å². The zero-order chi connectivity index (χ0) is 12.1. The number of nitrogens with zero attached hydrogens (tertiary/aromatic N) is 1. The fourth-order valence-corrected chi connectivity index (χ4v) is 1.53. The summed E-state index contributed by atoms with van der Waals surface area (Å²) in [5.41, 5.74) is 7.43. The second-order valence-electron chi connectivity index (χ2n) is 3.73. The normalized spacial score (nSPS) is 10.1. The van der Waals surface area contributed by atoms with Gasteiger partial charge in [0.25, 0.3) is 0 Å². The molecule has 1 amide bonds. The molecule has 0 atom stereocenters. The van der Waals surface area contributed by atoms with Crippen LogP contribution in [-0.2, 0) is 11.2 Å². The van der Waals surface area contributed by atoms with Crippen molar-refractivity contribution in [3.05, 3.63) is 42.2 Å². The van der Waals surface area contributed by atoms with E-state index in [4.69, 9.17) is 5.73 Å². The van der Waals surface area contributed by atoms with Gasteiger partial charge in [0.15, 0.2) is 0 Å². The summed E-state index contributed by atoms with van der Waals surface area (Å²) in [6.07, 6.45) is 4.32. The van der Waals surface area contributed by atoms with E-state index in [2.05, 4.69) is 15.3 Å². The quantitative estimate of drug-likeness (QED) is 0.697. The molecule has 0 saturated heterocycles. The lowest BCUT2D eigenvalue weighted by Crippen LogP contribution is -2.13. The summed E-state index contributed by atoms with van der Waals surface area (Å²) >= 11 is 0. The molecule has 0 aliphatic carbocycles. The molecule has 0 bridgehead atoms. The number of anilines is 2. The van der Waals surface area contributed by atoms with Crippen LogP contribution in [-0.4, -0.2) is 15.9 Å². The topological polar surface area (TPSA) is 83.8 Å². The number of carbonyl (C=O) groups excluding carboxylic acids is 1. The van der Waals surface area contributed by atoms with E-state index in [-0.39, 0.29) is 5.91 Å². The first kappa shape index (κ1) is 11.2. The molecule has 5 nitrogen and oxygen atoms in total. The molecule has 0 aliphatic heterocycles.